The van der Waals surface area contributed by atoms with Gasteiger partial charge in [0.1, 0.15) is 0 Å². The summed E-state index contributed by atoms with van der Waals surface area (Å²) in [7, 11) is 1.80. The highest BCUT2D eigenvalue weighted by molar-refractivity contribution is 5.79. The second-order valence-electron chi connectivity index (χ2n) is 6.49. The number of nitrogens with zero attached hydrogens (tertiary/aromatic N) is 2. The molecule has 1 aliphatic rings. The van der Waals surface area contributed by atoms with Gasteiger partial charge in [-0.3, -0.25) is 4.99 Å². The molecule has 26 heavy (non-hydrogen) atoms. The van der Waals surface area contributed by atoms with Gasteiger partial charge in [0.2, 0.25) is 0 Å². The van der Waals surface area contributed by atoms with Crippen molar-refractivity contribution in [3.8, 4) is 0 Å². The van der Waals surface area contributed by atoms with Crippen molar-refractivity contribution in [2.45, 2.75) is 20.0 Å². The molecule has 2 aromatic rings. The molecule has 0 aromatic heterocycles. The van der Waals surface area contributed by atoms with E-state index < -0.39 is 0 Å². The van der Waals surface area contributed by atoms with Crippen molar-refractivity contribution in [2.75, 3.05) is 38.3 Å². The average Bonchev–Trinajstić information content (AvgIpc) is 2.70. The number of hydrogen-bond acceptors (Lipinski definition) is 3. The Morgan fingerprint density at radius 2 is 1.69 bits per heavy atom. The Hall–Kier alpha value is -2.53. The normalized spacial score (nSPS) is 15.0. The number of guanidine groups is 1. The zero-order valence-corrected chi connectivity index (χ0v) is 15.7. The molecule has 2 N–H and O–H groups in total. The smallest absolute Gasteiger partial charge is 0.191 e. The van der Waals surface area contributed by atoms with Crippen LogP contribution in [0.3, 0.4) is 0 Å². The third-order valence-corrected chi connectivity index (χ3v) is 4.59. The lowest BCUT2D eigenvalue weighted by atomic mass is 10.1. The van der Waals surface area contributed by atoms with Crippen LogP contribution in [-0.2, 0) is 17.8 Å². The van der Waals surface area contributed by atoms with E-state index in [1.165, 1.54) is 22.4 Å². The maximum absolute atomic E-state index is 5.47. The molecule has 0 saturated carbocycles. The summed E-state index contributed by atoms with van der Waals surface area (Å²) >= 11 is 0. The summed E-state index contributed by atoms with van der Waals surface area (Å²) in [5.74, 6) is 0.808. The number of anilines is 1. The predicted molar refractivity (Wildman–Crippen MR) is 108 cm³/mol. The number of aryl methyl sites for hydroxylation is 1. The average molecular weight is 352 g/mol. The van der Waals surface area contributed by atoms with Gasteiger partial charge in [-0.25, -0.2) is 0 Å². The van der Waals surface area contributed by atoms with Crippen LogP contribution in [0.15, 0.2) is 53.5 Å². The molecule has 0 aliphatic carbocycles. The summed E-state index contributed by atoms with van der Waals surface area (Å²) in [5, 5.41) is 6.81. The number of aliphatic imine (C=N–C) groups is 1. The lowest BCUT2D eigenvalue weighted by Crippen LogP contribution is -2.38. The molecule has 5 heteroatoms. The SMILES string of the molecule is CN=C(NCc1ccc(C)cc1)NCc1ccccc1N1CCOCC1. The van der Waals surface area contributed by atoms with Crippen molar-refractivity contribution in [3.63, 3.8) is 0 Å². The van der Waals surface area contributed by atoms with E-state index in [1.54, 1.807) is 7.05 Å². The first kappa shape index (κ1) is 18.3. The Morgan fingerprint density at radius 1 is 1.00 bits per heavy atom. The Kier molecular flexibility index (Phi) is 6.50. The number of benzene rings is 2. The number of rotatable bonds is 5. The molecular formula is C21H28N4O. The minimum absolute atomic E-state index is 0.737. The van der Waals surface area contributed by atoms with Gasteiger partial charge in [-0.05, 0) is 24.1 Å². The van der Waals surface area contributed by atoms with E-state index in [-0.39, 0.29) is 0 Å². The fraction of sp³-hybridized carbons (Fsp3) is 0.381. The fourth-order valence-electron chi connectivity index (χ4n) is 3.06. The molecule has 1 saturated heterocycles. The van der Waals surface area contributed by atoms with E-state index >= 15 is 0 Å². The highest BCUT2D eigenvalue weighted by Gasteiger charge is 2.14. The van der Waals surface area contributed by atoms with Crippen molar-refractivity contribution in [2.24, 2.45) is 4.99 Å². The molecule has 0 unspecified atom stereocenters. The molecule has 0 amide bonds. The van der Waals surface area contributed by atoms with Crippen molar-refractivity contribution >= 4 is 11.6 Å². The van der Waals surface area contributed by atoms with Crippen LogP contribution in [0.2, 0.25) is 0 Å². The first-order chi connectivity index (χ1) is 12.8. The van der Waals surface area contributed by atoms with Gasteiger partial charge in [0.25, 0.3) is 0 Å². The topological polar surface area (TPSA) is 48.9 Å². The molecular weight excluding hydrogens is 324 g/mol. The molecule has 0 spiro atoms. The molecule has 0 radical (unpaired) electrons. The molecule has 138 valence electrons. The number of nitrogens with one attached hydrogen (secondary N) is 2. The van der Waals surface area contributed by atoms with E-state index in [1.807, 2.05) is 0 Å². The molecule has 3 rings (SSSR count). The van der Waals surface area contributed by atoms with Crippen molar-refractivity contribution < 1.29 is 4.74 Å². The zero-order valence-electron chi connectivity index (χ0n) is 15.7. The summed E-state index contributed by atoms with van der Waals surface area (Å²) in [5.41, 5.74) is 5.06. The van der Waals surface area contributed by atoms with Crippen LogP contribution >= 0.6 is 0 Å². The third kappa shape index (κ3) is 4.99. The number of para-hydroxylation sites is 1. The van der Waals surface area contributed by atoms with Gasteiger partial charge >= 0.3 is 0 Å². The lowest BCUT2D eigenvalue weighted by Gasteiger charge is -2.30. The van der Waals surface area contributed by atoms with E-state index in [0.717, 1.165) is 45.4 Å². The maximum Gasteiger partial charge on any atom is 0.191 e. The number of morpholine rings is 1. The van der Waals surface area contributed by atoms with Gasteiger partial charge in [-0.1, -0.05) is 48.0 Å². The zero-order chi connectivity index (χ0) is 18.2. The van der Waals surface area contributed by atoms with E-state index in [4.69, 9.17) is 4.74 Å². The van der Waals surface area contributed by atoms with Crippen LogP contribution in [0, 0.1) is 6.92 Å². The van der Waals surface area contributed by atoms with Gasteiger partial charge in [0.05, 0.1) is 13.2 Å². The lowest BCUT2D eigenvalue weighted by molar-refractivity contribution is 0.122. The Morgan fingerprint density at radius 3 is 2.42 bits per heavy atom. The van der Waals surface area contributed by atoms with Crippen LogP contribution in [0.5, 0.6) is 0 Å². The Bertz CT molecular complexity index is 721. The van der Waals surface area contributed by atoms with Crippen LogP contribution < -0.4 is 15.5 Å². The summed E-state index contributed by atoms with van der Waals surface area (Å²) < 4.78 is 5.47. The van der Waals surface area contributed by atoms with E-state index in [2.05, 4.69) is 76.0 Å². The first-order valence-corrected chi connectivity index (χ1v) is 9.17. The molecule has 1 aliphatic heterocycles. The highest BCUT2D eigenvalue weighted by Crippen LogP contribution is 2.21. The Balaban J connectivity index is 1.57. The fourth-order valence-corrected chi connectivity index (χ4v) is 3.06. The van der Waals surface area contributed by atoms with Crippen molar-refractivity contribution in [1.29, 1.82) is 0 Å². The molecule has 0 atom stereocenters. The van der Waals surface area contributed by atoms with Crippen LogP contribution in [0.1, 0.15) is 16.7 Å². The van der Waals surface area contributed by atoms with Crippen molar-refractivity contribution in [1.82, 2.24) is 10.6 Å². The highest BCUT2D eigenvalue weighted by atomic mass is 16.5. The number of hydrogen-bond donors (Lipinski definition) is 2. The summed E-state index contributed by atoms with van der Waals surface area (Å²) in [6.45, 7) is 7.06. The van der Waals surface area contributed by atoms with Gasteiger partial charge in [0, 0.05) is 38.9 Å². The van der Waals surface area contributed by atoms with Crippen molar-refractivity contribution in [3.05, 3.63) is 65.2 Å². The van der Waals surface area contributed by atoms with Gasteiger partial charge in [-0.15, -0.1) is 0 Å². The number of ether oxygens (including phenoxy) is 1. The monoisotopic (exact) mass is 352 g/mol. The maximum atomic E-state index is 5.47. The van der Waals surface area contributed by atoms with Gasteiger partial charge < -0.3 is 20.3 Å². The Labute approximate surface area is 156 Å². The molecule has 2 aromatic carbocycles. The van der Waals surface area contributed by atoms with Gasteiger partial charge in [0.15, 0.2) is 5.96 Å². The quantitative estimate of drug-likeness (QED) is 0.642. The molecule has 1 fully saturated rings. The van der Waals surface area contributed by atoms with Gasteiger partial charge in [-0.2, -0.15) is 0 Å². The largest absolute Gasteiger partial charge is 0.378 e. The van der Waals surface area contributed by atoms with E-state index in [0.29, 0.717) is 0 Å². The second kappa shape index (κ2) is 9.25. The third-order valence-electron chi connectivity index (χ3n) is 4.59. The summed E-state index contributed by atoms with van der Waals surface area (Å²) in [4.78, 5) is 6.73. The van der Waals surface area contributed by atoms with Crippen LogP contribution in [-0.4, -0.2) is 39.3 Å². The van der Waals surface area contributed by atoms with Crippen LogP contribution in [0.25, 0.3) is 0 Å². The predicted octanol–water partition coefficient (Wildman–Crippen LogP) is 2.70. The molecule has 5 nitrogen and oxygen atoms in total. The standard InChI is InChI=1S/C21H28N4O/c1-17-7-9-18(10-8-17)15-23-21(22-2)24-16-19-5-3-4-6-20(19)25-11-13-26-14-12-25/h3-10H,11-16H2,1-2H3,(H2,22,23,24). The molecule has 1 heterocycles. The second-order valence-corrected chi connectivity index (χ2v) is 6.49. The van der Waals surface area contributed by atoms with Crippen LogP contribution in [0.4, 0.5) is 5.69 Å². The summed E-state index contributed by atoms with van der Waals surface area (Å²) in [6, 6.07) is 17.1. The summed E-state index contributed by atoms with van der Waals surface area (Å²) in [6.07, 6.45) is 0. The minimum atomic E-state index is 0.737. The van der Waals surface area contributed by atoms with E-state index in [9.17, 15) is 0 Å². The minimum Gasteiger partial charge on any atom is -0.378 e. The first-order valence-electron chi connectivity index (χ1n) is 9.17. The molecule has 0 bridgehead atoms.